The fourth-order valence-corrected chi connectivity index (χ4v) is 5.35. The number of alkyl halides is 2. The minimum atomic E-state index is -2.94. The van der Waals surface area contributed by atoms with Gasteiger partial charge in [0.15, 0.2) is 5.82 Å². The molecule has 1 N–H and O–H groups in total. The second-order valence-corrected chi connectivity index (χ2v) is 9.97. The van der Waals surface area contributed by atoms with E-state index in [2.05, 4.69) is 9.97 Å². The summed E-state index contributed by atoms with van der Waals surface area (Å²) in [5.74, 6) is -0.406. The molecule has 0 radical (unpaired) electrons. The minimum Gasteiger partial charge on any atom is -0.435 e. The van der Waals surface area contributed by atoms with Gasteiger partial charge in [0, 0.05) is 52.5 Å². The molecule has 0 aliphatic heterocycles. The summed E-state index contributed by atoms with van der Waals surface area (Å²) >= 11 is 1.61. The number of imidazole rings is 1. The average molecular weight is 501 g/mol. The van der Waals surface area contributed by atoms with Gasteiger partial charge in [0.1, 0.15) is 22.8 Å². The van der Waals surface area contributed by atoms with Gasteiger partial charge in [-0.15, -0.1) is 0 Å². The average Bonchev–Trinajstić information content (AvgIpc) is 3.34. The van der Waals surface area contributed by atoms with Crippen molar-refractivity contribution in [3.8, 4) is 16.9 Å². The van der Waals surface area contributed by atoms with E-state index in [-0.39, 0.29) is 28.3 Å². The number of ether oxygens (including phenoxy) is 1. The number of nitrogens with zero attached hydrogens (tertiary/aromatic N) is 4. The number of rotatable bonds is 6. The highest BCUT2D eigenvalue weighted by atomic mass is 32.2. The molecule has 3 aromatic heterocycles. The molecule has 3 heterocycles. The van der Waals surface area contributed by atoms with Crippen LogP contribution in [0.15, 0.2) is 48.9 Å². The van der Waals surface area contributed by atoms with E-state index >= 15 is 4.39 Å². The molecule has 4 aromatic rings. The topological polar surface area (TPSA) is 72.5 Å². The number of halogens is 3. The molecule has 0 spiro atoms. The third-order valence-electron chi connectivity index (χ3n) is 6.16. The number of hydrogen-bond donors (Lipinski definition) is 1. The van der Waals surface area contributed by atoms with Crippen molar-refractivity contribution in [2.75, 3.05) is 6.26 Å². The molecule has 0 bridgehead atoms. The maximum Gasteiger partial charge on any atom is 0.387 e. The Kier molecular flexibility index (Phi) is 5.96. The summed E-state index contributed by atoms with van der Waals surface area (Å²) < 4.78 is 48.0. The summed E-state index contributed by atoms with van der Waals surface area (Å²) in [5.41, 5.74) is 2.18. The molecule has 2 atom stereocenters. The number of aromatic nitrogens is 4. The number of benzene rings is 1. The van der Waals surface area contributed by atoms with Gasteiger partial charge in [-0.2, -0.15) is 20.5 Å². The van der Waals surface area contributed by atoms with E-state index in [1.807, 2.05) is 10.7 Å². The third kappa shape index (κ3) is 4.25. The van der Waals surface area contributed by atoms with Crippen LogP contribution in [-0.4, -0.2) is 37.3 Å². The monoisotopic (exact) mass is 500 g/mol. The van der Waals surface area contributed by atoms with Crippen molar-refractivity contribution in [2.45, 2.75) is 43.6 Å². The number of para-hydroxylation sites is 1. The first-order chi connectivity index (χ1) is 16.7. The first-order valence-corrected chi connectivity index (χ1v) is 12.3. The fraction of sp³-hybridized carbons (Fsp3) is 0.320. The summed E-state index contributed by atoms with van der Waals surface area (Å²) in [7, 11) is 0. The summed E-state index contributed by atoms with van der Waals surface area (Å²) in [6.07, 6.45) is 7.20. The van der Waals surface area contributed by atoms with Gasteiger partial charge < -0.3 is 14.2 Å². The number of aliphatic hydroxyl groups is 1. The van der Waals surface area contributed by atoms with Crippen LogP contribution >= 0.6 is 11.8 Å². The third-order valence-corrected chi connectivity index (χ3v) is 7.15. The van der Waals surface area contributed by atoms with E-state index in [9.17, 15) is 13.9 Å². The van der Waals surface area contributed by atoms with Crippen LogP contribution in [0.3, 0.4) is 0 Å². The quantitative estimate of drug-likeness (QED) is 0.366. The maximum atomic E-state index is 15.1. The van der Waals surface area contributed by atoms with Crippen LogP contribution in [0.1, 0.15) is 54.2 Å². The van der Waals surface area contributed by atoms with E-state index in [1.165, 1.54) is 24.5 Å². The summed E-state index contributed by atoms with van der Waals surface area (Å²) in [5, 5.41) is 10.1. The Morgan fingerprint density at radius 2 is 1.91 bits per heavy atom. The molecule has 35 heavy (non-hydrogen) atoms. The van der Waals surface area contributed by atoms with Crippen molar-refractivity contribution in [1.29, 1.82) is 0 Å². The number of pyridine rings is 1. The highest BCUT2D eigenvalue weighted by molar-refractivity contribution is 7.98. The van der Waals surface area contributed by atoms with Crippen LogP contribution in [0.2, 0.25) is 0 Å². The van der Waals surface area contributed by atoms with E-state index in [1.54, 1.807) is 50.0 Å². The fourth-order valence-electron chi connectivity index (χ4n) is 4.57. The molecule has 0 fully saturated rings. The van der Waals surface area contributed by atoms with Gasteiger partial charge in [-0.1, -0.05) is 18.2 Å². The molecular weight excluding hydrogens is 477 g/mol. The maximum absolute atomic E-state index is 15.1. The van der Waals surface area contributed by atoms with Crippen molar-refractivity contribution in [3.63, 3.8) is 0 Å². The van der Waals surface area contributed by atoms with Crippen LogP contribution in [0, 0.1) is 5.82 Å². The Balaban J connectivity index is 1.65. The molecular formula is C25H23F3N4O2S. The standard InChI is InChI=1S/C25H23F3N4O2S/c1-25(2,33)23-29-10-13(11-30-23)16-12-32-20(9-17(16)26)31-21-19(35-3)8-15(22(21)32)14-6-4-5-7-18(14)34-24(27)28/h4-7,9-12,15,19,24,33H,8H2,1-3H3/t15-,19?/m1/s1. The zero-order valence-electron chi connectivity index (χ0n) is 19.2. The first kappa shape index (κ1) is 23.6. The second kappa shape index (κ2) is 8.83. The lowest BCUT2D eigenvalue weighted by atomic mass is 9.95. The van der Waals surface area contributed by atoms with Crippen LogP contribution in [0.4, 0.5) is 13.2 Å². The lowest BCUT2D eigenvalue weighted by molar-refractivity contribution is -0.0505. The molecule has 5 rings (SSSR count). The molecule has 0 saturated carbocycles. The smallest absolute Gasteiger partial charge is 0.387 e. The molecule has 6 nitrogen and oxygen atoms in total. The van der Waals surface area contributed by atoms with Crippen LogP contribution < -0.4 is 4.74 Å². The molecule has 0 saturated heterocycles. The van der Waals surface area contributed by atoms with Crippen LogP contribution in [-0.2, 0) is 5.60 Å². The lowest BCUT2D eigenvalue weighted by Gasteiger charge is -2.18. The minimum absolute atomic E-state index is 0.0235. The Morgan fingerprint density at radius 1 is 1.20 bits per heavy atom. The number of fused-ring (bicyclic) bond motifs is 3. The molecule has 182 valence electrons. The Bertz CT molecular complexity index is 1390. The Morgan fingerprint density at radius 3 is 2.57 bits per heavy atom. The van der Waals surface area contributed by atoms with E-state index < -0.39 is 18.0 Å². The van der Waals surface area contributed by atoms with Gasteiger partial charge >= 0.3 is 6.61 Å². The van der Waals surface area contributed by atoms with E-state index in [0.29, 0.717) is 23.2 Å². The van der Waals surface area contributed by atoms with Gasteiger partial charge in [-0.25, -0.2) is 19.3 Å². The van der Waals surface area contributed by atoms with E-state index in [4.69, 9.17) is 9.72 Å². The van der Waals surface area contributed by atoms with Crippen molar-refractivity contribution in [3.05, 3.63) is 77.5 Å². The Labute approximate surface area is 204 Å². The molecule has 1 unspecified atom stereocenters. The summed E-state index contributed by atoms with van der Waals surface area (Å²) in [4.78, 5) is 13.1. The van der Waals surface area contributed by atoms with Gasteiger partial charge in [0.25, 0.3) is 0 Å². The normalized spacial score (nSPS) is 17.8. The molecule has 1 aliphatic rings. The largest absolute Gasteiger partial charge is 0.435 e. The zero-order valence-corrected chi connectivity index (χ0v) is 20.1. The van der Waals surface area contributed by atoms with Crippen molar-refractivity contribution < 1.29 is 23.0 Å². The zero-order chi connectivity index (χ0) is 24.9. The van der Waals surface area contributed by atoms with Crippen LogP contribution in [0.5, 0.6) is 5.75 Å². The predicted octanol–water partition coefficient (Wildman–Crippen LogP) is 5.70. The van der Waals surface area contributed by atoms with Gasteiger partial charge in [-0.3, -0.25) is 0 Å². The summed E-state index contributed by atoms with van der Waals surface area (Å²) in [6.45, 7) is 0.200. The Hall–Kier alpha value is -3.11. The lowest BCUT2D eigenvalue weighted by Crippen LogP contribution is -2.19. The van der Waals surface area contributed by atoms with Crippen molar-refractivity contribution >= 4 is 17.4 Å². The molecule has 1 aliphatic carbocycles. The molecule has 0 amide bonds. The molecule has 10 heteroatoms. The van der Waals surface area contributed by atoms with Gasteiger partial charge in [0.05, 0.1) is 11.4 Å². The SMILES string of the molecule is CSC1C[C@H](c2ccccc2OC(F)F)c2c1nc1cc(F)c(-c3cnc(C(C)(C)O)nc3)cn21. The molecule has 1 aromatic carbocycles. The van der Waals surface area contributed by atoms with Crippen LogP contribution in [0.25, 0.3) is 16.8 Å². The highest BCUT2D eigenvalue weighted by Gasteiger charge is 2.38. The van der Waals surface area contributed by atoms with Gasteiger partial charge in [0.2, 0.25) is 0 Å². The van der Waals surface area contributed by atoms with Crippen molar-refractivity contribution in [2.24, 2.45) is 0 Å². The highest BCUT2D eigenvalue weighted by Crippen LogP contribution is 2.51. The number of thioether (sulfide) groups is 1. The number of hydrogen-bond acceptors (Lipinski definition) is 6. The van der Waals surface area contributed by atoms with Crippen molar-refractivity contribution in [1.82, 2.24) is 19.4 Å². The second-order valence-electron chi connectivity index (χ2n) is 8.93. The predicted molar refractivity (Wildman–Crippen MR) is 127 cm³/mol. The summed E-state index contributed by atoms with van der Waals surface area (Å²) in [6, 6.07) is 8.11. The van der Waals surface area contributed by atoms with E-state index in [0.717, 1.165) is 11.4 Å². The van der Waals surface area contributed by atoms with Gasteiger partial charge in [-0.05, 0) is 32.6 Å². The first-order valence-electron chi connectivity index (χ1n) is 11.0.